The van der Waals surface area contributed by atoms with Gasteiger partial charge in [-0.05, 0) is 48.9 Å². The average Bonchev–Trinajstić information content (AvgIpc) is 2.57. The monoisotopic (exact) mass is 329 g/mol. The Labute approximate surface area is 140 Å². The summed E-state index contributed by atoms with van der Waals surface area (Å²) in [5.41, 5.74) is 1.28. The Morgan fingerprint density at radius 1 is 1.08 bits per heavy atom. The van der Waals surface area contributed by atoms with Gasteiger partial charge in [0, 0.05) is 5.69 Å². The normalized spacial score (nSPS) is 11.4. The largest absolute Gasteiger partial charge is 0.508 e. The van der Waals surface area contributed by atoms with E-state index in [1.165, 1.54) is 19.1 Å². The highest BCUT2D eigenvalue weighted by Gasteiger charge is 2.18. The Kier molecular flexibility index (Phi) is 5.78. The van der Waals surface area contributed by atoms with E-state index in [2.05, 4.69) is 5.32 Å². The van der Waals surface area contributed by atoms with E-state index in [1.54, 1.807) is 43.5 Å². The molecule has 126 valence electrons. The first kappa shape index (κ1) is 17.3. The van der Waals surface area contributed by atoms with Crippen LogP contribution in [-0.4, -0.2) is 30.2 Å². The quantitative estimate of drug-likeness (QED) is 0.796. The first-order valence-corrected chi connectivity index (χ1v) is 7.40. The minimum absolute atomic E-state index is 0.0282. The van der Waals surface area contributed by atoms with Crippen molar-refractivity contribution < 1.29 is 24.2 Å². The van der Waals surface area contributed by atoms with E-state index in [4.69, 9.17) is 9.47 Å². The maximum atomic E-state index is 12.0. The van der Waals surface area contributed by atoms with Gasteiger partial charge in [0.15, 0.2) is 6.10 Å². The number of aromatic hydroxyl groups is 1. The number of amides is 1. The number of carbonyl (C=O) groups excluding carboxylic acids is 2. The number of hydrogen-bond acceptors (Lipinski definition) is 5. The second-order valence-electron chi connectivity index (χ2n) is 5.19. The molecule has 0 bridgehead atoms. The number of methoxy groups -OCH3 is 1. The number of phenols is 1. The Hall–Kier alpha value is -3.02. The van der Waals surface area contributed by atoms with Crippen LogP contribution < -0.4 is 10.1 Å². The fourth-order valence-electron chi connectivity index (χ4n) is 1.99. The molecule has 0 spiro atoms. The van der Waals surface area contributed by atoms with Crippen LogP contribution in [0.2, 0.25) is 0 Å². The molecule has 1 amide bonds. The molecule has 2 aromatic rings. The van der Waals surface area contributed by atoms with Crippen molar-refractivity contribution in [2.24, 2.45) is 0 Å². The van der Waals surface area contributed by atoms with E-state index < -0.39 is 18.0 Å². The Bertz CT molecular complexity index is 694. The maximum absolute atomic E-state index is 12.0. The summed E-state index contributed by atoms with van der Waals surface area (Å²) in [5.74, 6) is -0.127. The molecule has 2 aromatic carbocycles. The van der Waals surface area contributed by atoms with Gasteiger partial charge >= 0.3 is 5.97 Å². The standard InChI is InChI=1S/C18H19NO5/c1-12(18(22)19-14-5-9-16(23-2)10-6-14)24-17(21)11-13-3-7-15(20)8-4-13/h3-10,12,20H,11H2,1-2H3,(H,19,22)/t12-/m1/s1. The molecule has 0 heterocycles. The summed E-state index contributed by atoms with van der Waals surface area (Å²) in [7, 11) is 1.56. The zero-order valence-electron chi connectivity index (χ0n) is 13.5. The fraction of sp³-hybridized carbons (Fsp3) is 0.222. The van der Waals surface area contributed by atoms with Crippen LogP contribution in [-0.2, 0) is 20.7 Å². The molecule has 2 rings (SSSR count). The van der Waals surface area contributed by atoms with Crippen LogP contribution in [0.25, 0.3) is 0 Å². The average molecular weight is 329 g/mol. The summed E-state index contributed by atoms with van der Waals surface area (Å²) in [6.07, 6.45) is -0.891. The molecule has 0 radical (unpaired) electrons. The molecular weight excluding hydrogens is 310 g/mol. The van der Waals surface area contributed by atoms with Crippen molar-refractivity contribution in [3.05, 3.63) is 54.1 Å². The zero-order chi connectivity index (χ0) is 17.5. The van der Waals surface area contributed by atoms with Gasteiger partial charge in [-0.2, -0.15) is 0 Å². The summed E-state index contributed by atoms with van der Waals surface area (Å²) in [6.45, 7) is 1.51. The number of hydrogen-bond donors (Lipinski definition) is 2. The van der Waals surface area contributed by atoms with Gasteiger partial charge in [-0.3, -0.25) is 9.59 Å². The Balaban J connectivity index is 1.85. The van der Waals surface area contributed by atoms with Gasteiger partial charge in [0.1, 0.15) is 11.5 Å². The number of carbonyl (C=O) groups is 2. The maximum Gasteiger partial charge on any atom is 0.311 e. The third kappa shape index (κ3) is 5.01. The van der Waals surface area contributed by atoms with E-state index in [0.717, 1.165) is 0 Å². The summed E-state index contributed by atoms with van der Waals surface area (Å²) < 4.78 is 10.2. The molecule has 0 fully saturated rings. The molecule has 0 aliphatic rings. The van der Waals surface area contributed by atoms with Gasteiger partial charge < -0.3 is 19.9 Å². The van der Waals surface area contributed by atoms with Crippen LogP contribution in [0.15, 0.2) is 48.5 Å². The summed E-state index contributed by atoms with van der Waals surface area (Å²) in [6, 6.07) is 13.1. The lowest BCUT2D eigenvalue weighted by molar-refractivity contribution is -0.152. The minimum atomic E-state index is -0.920. The molecule has 0 unspecified atom stereocenters. The number of esters is 1. The molecule has 6 nitrogen and oxygen atoms in total. The predicted octanol–water partition coefficient (Wildman–Crippen LogP) is 2.51. The van der Waals surface area contributed by atoms with Crippen molar-refractivity contribution in [1.82, 2.24) is 0 Å². The van der Waals surface area contributed by atoms with Gasteiger partial charge in [0.05, 0.1) is 13.5 Å². The molecule has 0 aliphatic carbocycles. The second kappa shape index (κ2) is 8.01. The number of anilines is 1. The number of phenolic OH excluding ortho intramolecular Hbond substituents is 1. The van der Waals surface area contributed by atoms with E-state index in [9.17, 15) is 14.7 Å². The van der Waals surface area contributed by atoms with E-state index in [0.29, 0.717) is 17.0 Å². The van der Waals surface area contributed by atoms with Crippen LogP contribution >= 0.6 is 0 Å². The van der Waals surface area contributed by atoms with E-state index >= 15 is 0 Å². The molecular formula is C18H19NO5. The van der Waals surface area contributed by atoms with Crippen LogP contribution in [0.3, 0.4) is 0 Å². The van der Waals surface area contributed by atoms with Gasteiger partial charge in [0.2, 0.25) is 0 Å². The minimum Gasteiger partial charge on any atom is -0.508 e. The first-order valence-electron chi connectivity index (χ1n) is 7.40. The summed E-state index contributed by atoms with van der Waals surface area (Å²) in [4.78, 5) is 23.9. The highest BCUT2D eigenvalue weighted by atomic mass is 16.5. The first-order chi connectivity index (χ1) is 11.5. The zero-order valence-corrected chi connectivity index (χ0v) is 13.5. The van der Waals surface area contributed by atoms with E-state index in [-0.39, 0.29) is 12.2 Å². The molecule has 0 aromatic heterocycles. The number of benzene rings is 2. The molecule has 1 atom stereocenters. The highest BCUT2D eigenvalue weighted by Crippen LogP contribution is 2.15. The van der Waals surface area contributed by atoms with Gasteiger partial charge in [0.25, 0.3) is 5.91 Å². The number of ether oxygens (including phenoxy) is 2. The molecule has 0 saturated carbocycles. The van der Waals surface area contributed by atoms with Gasteiger partial charge in [-0.1, -0.05) is 12.1 Å². The van der Waals surface area contributed by atoms with Crippen LogP contribution in [0.5, 0.6) is 11.5 Å². The SMILES string of the molecule is COc1ccc(NC(=O)[C@@H](C)OC(=O)Cc2ccc(O)cc2)cc1. The van der Waals surface area contributed by atoms with Crippen molar-refractivity contribution in [1.29, 1.82) is 0 Å². The van der Waals surface area contributed by atoms with Crippen LogP contribution in [0.4, 0.5) is 5.69 Å². The third-order valence-corrected chi connectivity index (χ3v) is 3.32. The number of rotatable bonds is 6. The Morgan fingerprint density at radius 3 is 2.29 bits per heavy atom. The smallest absolute Gasteiger partial charge is 0.311 e. The highest BCUT2D eigenvalue weighted by molar-refractivity contribution is 5.95. The predicted molar refractivity (Wildman–Crippen MR) is 89.0 cm³/mol. The van der Waals surface area contributed by atoms with Crippen LogP contribution in [0.1, 0.15) is 12.5 Å². The summed E-state index contributed by atoms with van der Waals surface area (Å²) >= 11 is 0. The summed E-state index contributed by atoms with van der Waals surface area (Å²) in [5, 5.41) is 11.9. The van der Waals surface area contributed by atoms with Crippen molar-refractivity contribution in [2.45, 2.75) is 19.4 Å². The third-order valence-electron chi connectivity index (χ3n) is 3.32. The molecule has 0 saturated heterocycles. The lowest BCUT2D eigenvalue weighted by Gasteiger charge is -2.14. The van der Waals surface area contributed by atoms with Gasteiger partial charge in [-0.25, -0.2) is 0 Å². The Morgan fingerprint density at radius 2 is 1.71 bits per heavy atom. The van der Waals surface area contributed by atoms with Gasteiger partial charge in [-0.15, -0.1) is 0 Å². The van der Waals surface area contributed by atoms with Crippen molar-refractivity contribution >= 4 is 17.6 Å². The molecule has 0 aliphatic heterocycles. The lowest BCUT2D eigenvalue weighted by Crippen LogP contribution is -2.30. The number of nitrogens with one attached hydrogen (secondary N) is 1. The lowest BCUT2D eigenvalue weighted by atomic mass is 10.1. The van der Waals surface area contributed by atoms with Crippen molar-refractivity contribution in [3.8, 4) is 11.5 Å². The van der Waals surface area contributed by atoms with Crippen molar-refractivity contribution in [3.63, 3.8) is 0 Å². The molecule has 24 heavy (non-hydrogen) atoms. The second-order valence-corrected chi connectivity index (χ2v) is 5.19. The van der Waals surface area contributed by atoms with Crippen LogP contribution in [0, 0.1) is 0 Å². The fourth-order valence-corrected chi connectivity index (χ4v) is 1.99. The molecule has 6 heteroatoms. The van der Waals surface area contributed by atoms with Crippen molar-refractivity contribution in [2.75, 3.05) is 12.4 Å². The molecule has 2 N–H and O–H groups in total. The topological polar surface area (TPSA) is 84.9 Å². The van der Waals surface area contributed by atoms with E-state index in [1.807, 2.05) is 0 Å².